The lowest BCUT2D eigenvalue weighted by atomic mass is 9.96. The molecule has 0 aromatic heterocycles. The van der Waals surface area contributed by atoms with E-state index in [4.69, 9.17) is 0 Å². The van der Waals surface area contributed by atoms with Crippen molar-refractivity contribution < 1.29 is 0 Å². The molecule has 0 aliphatic carbocycles. The molecule has 18 heavy (non-hydrogen) atoms. The second-order valence-electron chi connectivity index (χ2n) is 5.43. The normalized spacial score (nSPS) is 19.9. The van der Waals surface area contributed by atoms with Crippen molar-refractivity contribution in [1.82, 2.24) is 10.2 Å². The summed E-state index contributed by atoms with van der Waals surface area (Å²) in [6.07, 6.45) is 2.66. The molecule has 1 aromatic rings. The molecule has 1 aliphatic heterocycles. The van der Waals surface area contributed by atoms with Crippen molar-refractivity contribution >= 4 is 15.9 Å². The first kappa shape index (κ1) is 14.0. The number of hydrogen-bond acceptors (Lipinski definition) is 2. The SMILES string of the molecule is C[C@@H](NCC1CCN(C)CC1)c1ccc(Br)cc1. The minimum Gasteiger partial charge on any atom is -0.310 e. The molecule has 1 aliphatic rings. The first-order valence-electron chi connectivity index (χ1n) is 6.82. The van der Waals surface area contributed by atoms with Crippen molar-refractivity contribution in [1.29, 1.82) is 0 Å². The first-order chi connectivity index (χ1) is 8.65. The molecule has 0 spiro atoms. The van der Waals surface area contributed by atoms with Gasteiger partial charge in [-0.05, 0) is 70.1 Å². The minimum absolute atomic E-state index is 0.442. The maximum absolute atomic E-state index is 3.67. The van der Waals surface area contributed by atoms with E-state index in [2.05, 4.69) is 64.4 Å². The van der Waals surface area contributed by atoms with Crippen LogP contribution in [0.1, 0.15) is 31.4 Å². The van der Waals surface area contributed by atoms with Gasteiger partial charge in [-0.2, -0.15) is 0 Å². The maximum atomic E-state index is 3.67. The van der Waals surface area contributed by atoms with Crippen LogP contribution in [0.4, 0.5) is 0 Å². The lowest BCUT2D eigenvalue weighted by Crippen LogP contribution is -2.35. The molecule has 0 amide bonds. The fourth-order valence-corrected chi connectivity index (χ4v) is 2.74. The highest BCUT2D eigenvalue weighted by Crippen LogP contribution is 2.19. The number of likely N-dealkylation sites (tertiary alicyclic amines) is 1. The van der Waals surface area contributed by atoms with Crippen molar-refractivity contribution in [2.75, 3.05) is 26.7 Å². The highest BCUT2D eigenvalue weighted by molar-refractivity contribution is 9.10. The van der Waals surface area contributed by atoms with Crippen LogP contribution in [0.15, 0.2) is 28.7 Å². The Kier molecular flexibility index (Phi) is 5.22. The Labute approximate surface area is 119 Å². The zero-order valence-electron chi connectivity index (χ0n) is 11.3. The maximum Gasteiger partial charge on any atom is 0.0291 e. The van der Waals surface area contributed by atoms with Gasteiger partial charge < -0.3 is 10.2 Å². The third-order valence-electron chi connectivity index (χ3n) is 3.92. The molecule has 1 saturated heterocycles. The molecule has 0 unspecified atom stereocenters. The van der Waals surface area contributed by atoms with E-state index in [1.54, 1.807) is 0 Å². The van der Waals surface area contributed by atoms with Gasteiger partial charge in [0, 0.05) is 10.5 Å². The summed E-state index contributed by atoms with van der Waals surface area (Å²) in [5.74, 6) is 0.846. The van der Waals surface area contributed by atoms with Gasteiger partial charge in [0.1, 0.15) is 0 Å². The molecule has 0 bridgehead atoms. The van der Waals surface area contributed by atoms with E-state index < -0.39 is 0 Å². The number of rotatable bonds is 4. The Morgan fingerprint density at radius 3 is 2.50 bits per heavy atom. The van der Waals surface area contributed by atoms with E-state index in [1.165, 1.54) is 31.5 Å². The van der Waals surface area contributed by atoms with E-state index in [0.29, 0.717) is 6.04 Å². The van der Waals surface area contributed by atoms with Gasteiger partial charge in [0.2, 0.25) is 0 Å². The van der Waals surface area contributed by atoms with Crippen molar-refractivity contribution in [3.05, 3.63) is 34.3 Å². The molecule has 100 valence electrons. The van der Waals surface area contributed by atoms with Gasteiger partial charge in [0.15, 0.2) is 0 Å². The van der Waals surface area contributed by atoms with Gasteiger partial charge in [0.25, 0.3) is 0 Å². The second-order valence-corrected chi connectivity index (χ2v) is 6.34. The fraction of sp³-hybridized carbons (Fsp3) is 0.600. The summed E-state index contributed by atoms with van der Waals surface area (Å²) >= 11 is 3.48. The van der Waals surface area contributed by atoms with Gasteiger partial charge in [-0.25, -0.2) is 0 Å². The fourth-order valence-electron chi connectivity index (χ4n) is 2.48. The molecular formula is C15H23BrN2. The highest BCUT2D eigenvalue weighted by Gasteiger charge is 2.17. The van der Waals surface area contributed by atoms with Crippen LogP contribution < -0.4 is 5.32 Å². The summed E-state index contributed by atoms with van der Waals surface area (Å²) in [4.78, 5) is 2.43. The van der Waals surface area contributed by atoms with Crippen molar-refractivity contribution in [2.24, 2.45) is 5.92 Å². The van der Waals surface area contributed by atoms with Gasteiger partial charge in [-0.15, -0.1) is 0 Å². The Balaban J connectivity index is 1.77. The smallest absolute Gasteiger partial charge is 0.0291 e. The Bertz CT molecular complexity index is 355. The van der Waals surface area contributed by atoms with Crippen molar-refractivity contribution in [3.8, 4) is 0 Å². The Hall–Kier alpha value is -0.380. The number of piperidine rings is 1. The third-order valence-corrected chi connectivity index (χ3v) is 4.45. The first-order valence-corrected chi connectivity index (χ1v) is 7.62. The molecule has 1 aromatic carbocycles. The third kappa shape index (κ3) is 4.08. The van der Waals surface area contributed by atoms with Crippen molar-refractivity contribution in [2.45, 2.75) is 25.8 Å². The van der Waals surface area contributed by atoms with E-state index in [-0.39, 0.29) is 0 Å². The van der Waals surface area contributed by atoms with Gasteiger partial charge >= 0.3 is 0 Å². The summed E-state index contributed by atoms with van der Waals surface area (Å²) in [7, 11) is 2.22. The summed E-state index contributed by atoms with van der Waals surface area (Å²) in [6.45, 7) is 5.89. The molecule has 1 N–H and O–H groups in total. The van der Waals surface area contributed by atoms with Crippen LogP contribution in [-0.4, -0.2) is 31.6 Å². The summed E-state index contributed by atoms with van der Waals surface area (Å²) in [5.41, 5.74) is 1.37. The number of nitrogens with zero attached hydrogens (tertiary/aromatic N) is 1. The molecular weight excluding hydrogens is 288 g/mol. The molecule has 0 saturated carbocycles. The van der Waals surface area contributed by atoms with E-state index >= 15 is 0 Å². The van der Waals surface area contributed by atoms with Crippen LogP contribution in [0.3, 0.4) is 0 Å². The quantitative estimate of drug-likeness (QED) is 0.916. The molecule has 0 radical (unpaired) electrons. The van der Waals surface area contributed by atoms with Crippen LogP contribution in [0, 0.1) is 5.92 Å². The zero-order valence-corrected chi connectivity index (χ0v) is 12.9. The molecule has 2 rings (SSSR count). The lowest BCUT2D eigenvalue weighted by Gasteiger charge is -2.30. The van der Waals surface area contributed by atoms with Gasteiger partial charge in [-0.1, -0.05) is 28.1 Å². The summed E-state index contributed by atoms with van der Waals surface area (Å²) < 4.78 is 1.15. The van der Waals surface area contributed by atoms with E-state index in [9.17, 15) is 0 Å². The molecule has 1 fully saturated rings. The van der Waals surface area contributed by atoms with Gasteiger partial charge in [0.05, 0.1) is 0 Å². The average molecular weight is 311 g/mol. The lowest BCUT2D eigenvalue weighted by molar-refractivity contribution is 0.213. The Morgan fingerprint density at radius 1 is 1.28 bits per heavy atom. The van der Waals surface area contributed by atoms with E-state index in [1.807, 2.05) is 0 Å². The second kappa shape index (κ2) is 6.69. The van der Waals surface area contributed by atoms with Crippen LogP contribution in [0.5, 0.6) is 0 Å². The zero-order chi connectivity index (χ0) is 13.0. The predicted octanol–water partition coefficient (Wildman–Crippen LogP) is 3.44. The molecule has 2 nitrogen and oxygen atoms in total. The summed E-state index contributed by atoms with van der Waals surface area (Å²) in [6, 6.07) is 9.05. The number of hydrogen-bond donors (Lipinski definition) is 1. The monoisotopic (exact) mass is 310 g/mol. The Morgan fingerprint density at radius 2 is 1.89 bits per heavy atom. The predicted molar refractivity (Wildman–Crippen MR) is 80.8 cm³/mol. The van der Waals surface area contributed by atoms with E-state index in [0.717, 1.165) is 16.9 Å². The molecule has 1 heterocycles. The molecule has 3 heteroatoms. The number of nitrogens with one attached hydrogen (secondary N) is 1. The number of benzene rings is 1. The standard InChI is InChI=1S/C15H23BrN2/c1-12(14-3-5-15(16)6-4-14)17-11-13-7-9-18(2)10-8-13/h3-6,12-13,17H,7-11H2,1-2H3/t12-/m1/s1. The topological polar surface area (TPSA) is 15.3 Å². The molecule has 1 atom stereocenters. The van der Waals surface area contributed by atoms with Crippen molar-refractivity contribution in [3.63, 3.8) is 0 Å². The number of halogens is 1. The summed E-state index contributed by atoms with van der Waals surface area (Å²) in [5, 5.41) is 3.67. The highest BCUT2D eigenvalue weighted by atomic mass is 79.9. The van der Waals surface area contributed by atoms with Crippen LogP contribution in [0.2, 0.25) is 0 Å². The van der Waals surface area contributed by atoms with Crippen LogP contribution >= 0.6 is 15.9 Å². The largest absolute Gasteiger partial charge is 0.310 e. The minimum atomic E-state index is 0.442. The van der Waals surface area contributed by atoms with Crippen LogP contribution in [0.25, 0.3) is 0 Å². The average Bonchev–Trinajstić information content (AvgIpc) is 2.38. The van der Waals surface area contributed by atoms with Crippen LogP contribution in [-0.2, 0) is 0 Å². The van der Waals surface area contributed by atoms with Gasteiger partial charge in [-0.3, -0.25) is 0 Å².